The summed E-state index contributed by atoms with van der Waals surface area (Å²) in [6.07, 6.45) is 0.453. The number of likely N-dealkylation sites (N-methyl/N-ethyl adjacent to an activating group) is 2. The minimum atomic E-state index is -0.392. The van der Waals surface area contributed by atoms with Crippen molar-refractivity contribution in [1.29, 1.82) is 0 Å². The third-order valence-corrected chi connectivity index (χ3v) is 4.32. The molecule has 5 nitrogen and oxygen atoms in total. The Morgan fingerprint density at radius 3 is 2.21 bits per heavy atom. The molecule has 0 aliphatic heterocycles. The van der Waals surface area contributed by atoms with Crippen molar-refractivity contribution < 1.29 is 10.0 Å². The minimum absolute atomic E-state index is 0.0794. The fraction of sp³-hybridized carbons (Fsp3) is 0.316. The monoisotopic (exact) mass is 327 g/mol. The number of amides is 1. The molecular weight excluding hydrogens is 302 g/mol. The standard InChI is InChI=1S/C19H25N3O2/c1-14(18(20-2)21-24)22(3)19(23)17-11-9-16(10-12-17)13-15-7-5-4-6-8-15/h4-12,14,18,20-21,24H,13H2,1-3H3. The quantitative estimate of drug-likeness (QED) is 0.539. The van der Waals surface area contributed by atoms with Gasteiger partial charge in [-0.05, 0) is 43.7 Å². The average Bonchev–Trinajstić information content (AvgIpc) is 2.63. The van der Waals surface area contributed by atoms with Gasteiger partial charge in [0, 0.05) is 12.6 Å². The van der Waals surface area contributed by atoms with Crippen molar-refractivity contribution in [2.45, 2.75) is 25.6 Å². The molecule has 0 saturated carbocycles. The Bertz CT molecular complexity index is 639. The lowest BCUT2D eigenvalue weighted by atomic mass is 10.0. The zero-order valence-electron chi connectivity index (χ0n) is 14.4. The molecule has 0 aliphatic rings. The molecule has 2 unspecified atom stereocenters. The van der Waals surface area contributed by atoms with Crippen LogP contribution < -0.4 is 10.8 Å². The number of nitrogens with one attached hydrogen (secondary N) is 2. The molecule has 2 aromatic carbocycles. The Kier molecular flexibility index (Phi) is 6.49. The van der Waals surface area contributed by atoms with Gasteiger partial charge in [0.2, 0.25) is 0 Å². The Hall–Kier alpha value is -2.21. The predicted molar refractivity (Wildman–Crippen MR) is 95.0 cm³/mol. The van der Waals surface area contributed by atoms with Gasteiger partial charge in [0.25, 0.3) is 5.91 Å². The summed E-state index contributed by atoms with van der Waals surface area (Å²) < 4.78 is 0. The Morgan fingerprint density at radius 2 is 1.67 bits per heavy atom. The summed E-state index contributed by atoms with van der Waals surface area (Å²) in [6.45, 7) is 1.87. The molecule has 5 heteroatoms. The molecule has 0 saturated heterocycles. The van der Waals surface area contributed by atoms with E-state index in [1.807, 2.05) is 49.4 Å². The molecular formula is C19H25N3O2. The Balaban J connectivity index is 2.05. The summed E-state index contributed by atoms with van der Waals surface area (Å²) in [5, 5.41) is 12.0. The van der Waals surface area contributed by atoms with Crippen LogP contribution in [0.1, 0.15) is 28.4 Å². The number of hydrogen-bond acceptors (Lipinski definition) is 4. The maximum absolute atomic E-state index is 12.6. The van der Waals surface area contributed by atoms with Gasteiger partial charge in [0.15, 0.2) is 0 Å². The van der Waals surface area contributed by atoms with Crippen molar-refractivity contribution in [3.63, 3.8) is 0 Å². The predicted octanol–water partition coefficient (Wildman–Crippen LogP) is 2.26. The van der Waals surface area contributed by atoms with E-state index in [0.717, 1.165) is 6.42 Å². The molecule has 0 aromatic heterocycles. The van der Waals surface area contributed by atoms with E-state index in [1.54, 1.807) is 19.0 Å². The maximum Gasteiger partial charge on any atom is 0.253 e. The van der Waals surface area contributed by atoms with Gasteiger partial charge in [-0.25, -0.2) is 0 Å². The highest BCUT2D eigenvalue weighted by molar-refractivity contribution is 5.94. The van der Waals surface area contributed by atoms with Crippen LogP contribution in [0.4, 0.5) is 0 Å². The summed E-state index contributed by atoms with van der Waals surface area (Å²) in [6, 6.07) is 17.7. The van der Waals surface area contributed by atoms with E-state index in [-0.39, 0.29) is 11.9 Å². The van der Waals surface area contributed by atoms with Gasteiger partial charge < -0.3 is 15.4 Å². The van der Waals surface area contributed by atoms with Crippen LogP contribution in [-0.4, -0.2) is 42.3 Å². The van der Waals surface area contributed by atoms with Crippen LogP contribution in [0.2, 0.25) is 0 Å². The summed E-state index contributed by atoms with van der Waals surface area (Å²) in [5.74, 6) is -0.0794. The van der Waals surface area contributed by atoms with Crippen LogP contribution in [-0.2, 0) is 6.42 Å². The van der Waals surface area contributed by atoms with E-state index < -0.39 is 6.17 Å². The summed E-state index contributed by atoms with van der Waals surface area (Å²) in [5.41, 5.74) is 5.21. The largest absolute Gasteiger partial charge is 0.336 e. The minimum Gasteiger partial charge on any atom is -0.336 e. The summed E-state index contributed by atoms with van der Waals surface area (Å²) in [4.78, 5) is 14.2. The number of hydrogen-bond donors (Lipinski definition) is 3. The first-order valence-corrected chi connectivity index (χ1v) is 8.03. The van der Waals surface area contributed by atoms with Crippen molar-refractivity contribution >= 4 is 5.91 Å². The molecule has 128 valence electrons. The molecule has 0 radical (unpaired) electrons. The number of nitrogens with zero attached hydrogens (tertiary/aromatic N) is 1. The molecule has 1 amide bonds. The fourth-order valence-corrected chi connectivity index (χ4v) is 2.62. The normalized spacial score (nSPS) is 13.3. The Labute approximate surface area is 143 Å². The van der Waals surface area contributed by atoms with Gasteiger partial charge in [-0.15, -0.1) is 0 Å². The van der Waals surface area contributed by atoms with Gasteiger partial charge in [-0.1, -0.05) is 42.5 Å². The number of carbonyl (C=O) groups is 1. The van der Waals surface area contributed by atoms with Crippen molar-refractivity contribution in [3.8, 4) is 0 Å². The van der Waals surface area contributed by atoms with Gasteiger partial charge in [0.05, 0.1) is 6.04 Å². The lowest BCUT2D eigenvalue weighted by Crippen LogP contribution is -2.54. The molecule has 0 spiro atoms. The van der Waals surface area contributed by atoms with Crippen LogP contribution in [0, 0.1) is 0 Å². The maximum atomic E-state index is 12.6. The lowest BCUT2D eigenvalue weighted by molar-refractivity contribution is 0.0493. The van der Waals surface area contributed by atoms with Crippen LogP contribution >= 0.6 is 0 Å². The highest BCUT2D eigenvalue weighted by Crippen LogP contribution is 2.13. The van der Waals surface area contributed by atoms with E-state index in [0.29, 0.717) is 5.56 Å². The second-order valence-corrected chi connectivity index (χ2v) is 5.91. The van der Waals surface area contributed by atoms with Gasteiger partial charge in [-0.3, -0.25) is 4.79 Å². The fourth-order valence-electron chi connectivity index (χ4n) is 2.62. The van der Waals surface area contributed by atoms with E-state index >= 15 is 0 Å². The second kappa shape index (κ2) is 8.59. The first-order chi connectivity index (χ1) is 11.6. The van der Waals surface area contributed by atoms with Crippen molar-refractivity contribution in [2.24, 2.45) is 0 Å². The number of carbonyl (C=O) groups excluding carboxylic acids is 1. The number of hydroxylamine groups is 1. The van der Waals surface area contributed by atoms with Crippen molar-refractivity contribution in [2.75, 3.05) is 14.1 Å². The topological polar surface area (TPSA) is 64.6 Å². The van der Waals surface area contributed by atoms with Crippen LogP contribution in [0.5, 0.6) is 0 Å². The zero-order chi connectivity index (χ0) is 17.5. The molecule has 2 atom stereocenters. The van der Waals surface area contributed by atoms with E-state index in [2.05, 4.69) is 22.9 Å². The third kappa shape index (κ3) is 4.41. The smallest absolute Gasteiger partial charge is 0.253 e. The van der Waals surface area contributed by atoms with Gasteiger partial charge in [0.1, 0.15) is 6.17 Å². The molecule has 0 aliphatic carbocycles. The second-order valence-electron chi connectivity index (χ2n) is 5.91. The number of rotatable bonds is 7. The summed E-state index contributed by atoms with van der Waals surface area (Å²) in [7, 11) is 3.45. The van der Waals surface area contributed by atoms with E-state index in [4.69, 9.17) is 5.21 Å². The van der Waals surface area contributed by atoms with Crippen LogP contribution in [0.15, 0.2) is 54.6 Å². The van der Waals surface area contributed by atoms with E-state index in [9.17, 15) is 4.79 Å². The molecule has 0 heterocycles. The van der Waals surface area contributed by atoms with Gasteiger partial charge in [-0.2, -0.15) is 5.48 Å². The van der Waals surface area contributed by atoms with Crippen LogP contribution in [0.25, 0.3) is 0 Å². The lowest BCUT2D eigenvalue weighted by Gasteiger charge is -2.31. The third-order valence-electron chi connectivity index (χ3n) is 4.32. The molecule has 3 N–H and O–H groups in total. The highest BCUT2D eigenvalue weighted by Gasteiger charge is 2.23. The van der Waals surface area contributed by atoms with Crippen molar-refractivity contribution in [1.82, 2.24) is 15.7 Å². The SMILES string of the molecule is CNC(NO)C(C)N(C)C(=O)c1ccc(Cc2ccccc2)cc1. The number of benzene rings is 2. The molecule has 2 rings (SSSR count). The molecule has 0 bridgehead atoms. The molecule has 2 aromatic rings. The van der Waals surface area contributed by atoms with Gasteiger partial charge >= 0.3 is 0 Å². The van der Waals surface area contributed by atoms with Crippen molar-refractivity contribution in [3.05, 3.63) is 71.3 Å². The summed E-state index contributed by atoms with van der Waals surface area (Å²) >= 11 is 0. The first kappa shape index (κ1) is 18.1. The average molecular weight is 327 g/mol. The van der Waals surface area contributed by atoms with E-state index in [1.165, 1.54) is 11.1 Å². The molecule has 24 heavy (non-hydrogen) atoms. The zero-order valence-corrected chi connectivity index (χ0v) is 14.4. The van der Waals surface area contributed by atoms with Crippen LogP contribution in [0.3, 0.4) is 0 Å². The first-order valence-electron chi connectivity index (χ1n) is 8.03. The highest BCUT2D eigenvalue weighted by atomic mass is 16.5. The Morgan fingerprint density at radius 1 is 1.08 bits per heavy atom. The molecule has 0 fully saturated rings.